The fraction of sp³-hybridized carbons (Fsp3) is 0.417. The predicted molar refractivity (Wildman–Crippen MR) is 60.6 cm³/mol. The Kier molecular flexibility index (Phi) is 2.92. The number of nitrogens with one attached hydrogen (secondary N) is 1. The normalized spacial score (nSPS) is 15.8. The second-order valence-corrected chi connectivity index (χ2v) is 4.16. The summed E-state index contributed by atoms with van der Waals surface area (Å²) in [6.07, 6.45) is 2.02. The molecule has 1 aliphatic rings. The van der Waals surface area contributed by atoms with Crippen molar-refractivity contribution in [1.29, 1.82) is 0 Å². The highest BCUT2D eigenvalue weighted by molar-refractivity contribution is 5.99. The van der Waals surface area contributed by atoms with Gasteiger partial charge in [0, 0.05) is 6.04 Å². The minimum absolute atomic E-state index is 0.152. The first-order valence-corrected chi connectivity index (χ1v) is 5.49. The van der Waals surface area contributed by atoms with E-state index in [4.69, 9.17) is 5.73 Å². The predicted octanol–water partition coefficient (Wildman–Crippen LogP) is 2.12. The number of nitrogens with two attached hydrogens (primary N) is 1. The van der Waals surface area contributed by atoms with E-state index in [0.717, 1.165) is 18.4 Å². The van der Waals surface area contributed by atoms with Crippen molar-refractivity contribution in [3.8, 4) is 0 Å². The Hall–Kier alpha value is -1.42. The number of benzene rings is 1. The van der Waals surface area contributed by atoms with Crippen molar-refractivity contribution in [2.75, 3.05) is 5.32 Å². The Labute approximate surface area is 93.8 Å². The Morgan fingerprint density at radius 3 is 3.00 bits per heavy atom. The molecule has 3 N–H and O–H groups in total. The van der Waals surface area contributed by atoms with Gasteiger partial charge in [0.1, 0.15) is 5.82 Å². The third-order valence-electron chi connectivity index (χ3n) is 2.84. The van der Waals surface area contributed by atoms with Crippen molar-refractivity contribution in [1.82, 2.24) is 0 Å². The quantitative estimate of drug-likeness (QED) is 0.823. The minimum Gasteiger partial charge on any atom is -0.324 e. The summed E-state index contributed by atoms with van der Waals surface area (Å²) in [4.78, 5) is 11.2. The number of carbonyl (C=O) groups excluding carboxylic acids is 1. The first kappa shape index (κ1) is 11.1. The van der Waals surface area contributed by atoms with Gasteiger partial charge in [0.2, 0.25) is 5.91 Å². The van der Waals surface area contributed by atoms with Crippen molar-refractivity contribution in [3.63, 3.8) is 0 Å². The molecule has 1 aromatic carbocycles. The molecule has 0 saturated carbocycles. The summed E-state index contributed by atoms with van der Waals surface area (Å²) in [7, 11) is 0. The van der Waals surface area contributed by atoms with E-state index in [2.05, 4.69) is 5.32 Å². The van der Waals surface area contributed by atoms with Crippen molar-refractivity contribution in [2.45, 2.75) is 32.2 Å². The van der Waals surface area contributed by atoms with Gasteiger partial charge in [0.05, 0.1) is 12.1 Å². The second-order valence-electron chi connectivity index (χ2n) is 4.16. The maximum atomic E-state index is 13.7. The van der Waals surface area contributed by atoms with E-state index in [1.54, 1.807) is 0 Å². The number of carbonyl (C=O) groups is 1. The molecule has 1 atom stereocenters. The van der Waals surface area contributed by atoms with Gasteiger partial charge in [-0.25, -0.2) is 4.39 Å². The van der Waals surface area contributed by atoms with Crippen molar-refractivity contribution in [2.24, 2.45) is 5.73 Å². The van der Waals surface area contributed by atoms with Gasteiger partial charge < -0.3 is 11.1 Å². The lowest BCUT2D eigenvalue weighted by Crippen LogP contribution is -2.10. The van der Waals surface area contributed by atoms with Gasteiger partial charge in [-0.1, -0.05) is 19.4 Å². The summed E-state index contributed by atoms with van der Waals surface area (Å²) >= 11 is 0. The summed E-state index contributed by atoms with van der Waals surface area (Å²) in [5, 5.41) is 2.51. The van der Waals surface area contributed by atoms with E-state index in [1.165, 1.54) is 6.07 Å². The number of anilines is 1. The lowest BCUT2D eigenvalue weighted by Gasteiger charge is -2.12. The van der Waals surface area contributed by atoms with E-state index >= 15 is 0 Å². The Balaban J connectivity index is 2.34. The topological polar surface area (TPSA) is 55.1 Å². The van der Waals surface area contributed by atoms with Gasteiger partial charge in [0.15, 0.2) is 0 Å². The molecule has 16 heavy (non-hydrogen) atoms. The largest absolute Gasteiger partial charge is 0.324 e. The molecule has 1 heterocycles. The van der Waals surface area contributed by atoms with Gasteiger partial charge in [-0.3, -0.25) is 4.79 Å². The molecule has 0 aliphatic carbocycles. The molecule has 1 aromatic rings. The minimum atomic E-state index is -0.384. The summed E-state index contributed by atoms with van der Waals surface area (Å²) in [5.74, 6) is -0.542. The Morgan fingerprint density at radius 2 is 2.31 bits per heavy atom. The zero-order chi connectivity index (χ0) is 11.7. The molecule has 3 nitrogen and oxygen atoms in total. The fourth-order valence-corrected chi connectivity index (χ4v) is 2.01. The van der Waals surface area contributed by atoms with E-state index < -0.39 is 0 Å². The van der Waals surface area contributed by atoms with Crippen LogP contribution in [0.25, 0.3) is 0 Å². The van der Waals surface area contributed by atoms with E-state index in [0.29, 0.717) is 11.3 Å². The number of rotatable bonds is 3. The van der Waals surface area contributed by atoms with Crippen LogP contribution in [0.2, 0.25) is 0 Å². The van der Waals surface area contributed by atoms with Crippen LogP contribution in [0.4, 0.5) is 10.1 Å². The first-order valence-electron chi connectivity index (χ1n) is 5.49. The van der Waals surface area contributed by atoms with Crippen LogP contribution in [0.15, 0.2) is 12.1 Å². The average molecular weight is 222 g/mol. The van der Waals surface area contributed by atoms with E-state index in [1.807, 2.05) is 13.0 Å². The summed E-state index contributed by atoms with van der Waals surface area (Å²) in [5.41, 5.74) is 7.74. The number of fused-ring (bicyclic) bond motifs is 1. The average Bonchev–Trinajstić information content (AvgIpc) is 2.59. The molecule has 86 valence electrons. The van der Waals surface area contributed by atoms with Gasteiger partial charge in [-0.05, 0) is 23.6 Å². The van der Waals surface area contributed by atoms with Crippen LogP contribution in [-0.2, 0) is 11.2 Å². The number of hydrogen-bond donors (Lipinski definition) is 2. The summed E-state index contributed by atoms with van der Waals surface area (Å²) < 4.78 is 13.7. The van der Waals surface area contributed by atoms with Crippen LogP contribution in [-0.4, -0.2) is 5.91 Å². The van der Waals surface area contributed by atoms with Gasteiger partial charge in [0.25, 0.3) is 0 Å². The first-order chi connectivity index (χ1) is 7.61. The third-order valence-corrected chi connectivity index (χ3v) is 2.84. The standard InChI is InChI=1S/C12H15FN2O/c1-2-3-10(14)7-4-8-6-11(16)15-12(8)9(13)5-7/h4-5,10H,2-3,6,14H2,1H3,(H,15,16). The highest BCUT2D eigenvalue weighted by atomic mass is 19.1. The van der Waals surface area contributed by atoms with Crippen LogP contribution >= 0.6 is 0 Å². The molecule has 2 rings (SSSR count). The van der Waals surface area contributed by atoms with E-state index in [9.17, 15) is 9.18 Å². The van der Waals surface area contributed by atoms with Crippen molar-refractivity contribution >= 4 is 11.6 Å². The van der Waals surface area contributed by atoms with Gasteiger partial charge in [-0.2, -0.15) is 0 Å². The van der Waals surface area contributed by atoms with Crippen LogP contribution in [0.3, 0.4) is 0 Å². The second kappa shape index (κ2) is 4.22. The molecule has 0 bridgehead atoms. The molecule has 1 aliphatic heterocycles. The maximum absolute atomic E-state index is 13.7. The molecule has 0 spiro atoms. The zero-order valence-electron chi connectivity index (χ0n) is 9.22. The lowest BCUT2D eigenvalue weighted by atomic mass is 9.99. The van der Waals surface area contributed by atoms with Gasteiger partial charge in [-0.15, -0.1) is 0 Å². The molecular weight excluding hydrogens is 207 g/mol. The van der Waals surface area contributed by atoms with Crippen molar-refractivity contribution in [3.05, 3.63) is 29.1 Å². The fourth-order valence-electron chi connectivity index (χ4n) is 2.01. The highest BCUT2D eigenvalue weighted by Crippen LogP contribution is 2.30. The molecule has 1 amide bonds. The Bertz CT molecular complexity index is 431. The zero-order valence-corrected chi connectivity index (χ0v) is 9.22. The molecule has 1 unspecified atom stereocenters. The summed E-state index contributed by atoms with van der Waals surface area (Å²) in [6, 6.07) is 3.10. The van der Waals surface area contributed by atoms with Crippen LogP contribution < -0.4 is 11.1 Å². The molecule has 0 radical (unpaired) electrons. The van der Waals surface area contributed by atoms with Crippen LogP contribution in [0.5, 0.6) is 0 Å². The maximum Gasteiger partial charge on any atom is 0.228 e. The molecular formula is C12H15FN2O. The smallest absolute Gasteiger partial charge is 0.228 e. The number of halogens is 1. The molecule has 0 saturated heterocycles. The Morgan fingerprint density at radius 1 is 1.56 bits per heavy atom. The van der Waals surface area contributed by atoms with E-state index in [-0.39, 0.29) is 24.2 Å². The van der Waals surface area contributed by atoms with Crippen molar-refractivity contribution < 1.29 is 9.18 Å². The monoisotopic (exact) mass is 222 g/mol. The highest BCUT2D eigenvalue weighted by Gasteiger charge is 2.22. The lowest BCUT2D eigenvalue weighted by molar-refractivity contribution is -0.115. The summed E-state index contributed by atoms with van der Waals surface area (Å²) in [6.45, 7) is 2.04. The van der Waals surface area contributed by atoms with Crippen LogP contribution in [0.1, 0.15) is 36.9 Å². The molecule has 0 fully saturated rings. The SMILES string of the molecule is CCCC(N)c1cc(F)c2c(c1)CC(=O)N2. The number of amides is 1. The molecule has 0 aromatic heterocycles. The van der Waals surface area contributed by atoms with Crippen LogP contribution in [0, 0.1) is 5.82 Å². The third kappa shape index (κ3) is 1.93. The van der Waals surface area contributed by atoms with Gasteiger partial charge >= 0.3 is 0 Å². The number of hydrogen-bond acceptors (Lipinski definition) is 2. The molecule has 4 heteroatoms.